The van der Waals surface area contributed by atoms with Crippen molar-refractivity contribution in [1.82, 2.24) is 5.32 Å². The molecule has 1 N–H and O–H groups in total. The van der Waals surface area contributed by atoms with Gasteiger partial charge in [0, 0.05) is 11.0 Å². The number of thiophene rings is 1. The Morgan fingerprint density at radius 1 is 1.40 bits per heavy atom. The van der Waals surface area contributed by atoms with Crippen molar-refractivity contribution in [2.24, 2.45) is 0 Å². The number of benzene rings is 1. The molecule has 1 aromatic carbocycles. The third kappa shape index (κ3) is 4.08. The molecule has 1 aromatic heterocycles. The summed E-state index contributed by atoms with van der Waals surface area (Å²) in [6.07, 6.45) is 1.86. The summed E-state index contributed by atoms with van der Waals surface area (Å²) in [7, 11) is 1.58. The Bertz CT molecular complexity index is 583. The molecule has 0 aliphatic heterocycles. The highest BCUT2D eigenvalue weighted by Gasteiger charge is 2.12. The van der Waals surface area contributed by atoms with Crippen molar-refractivity contribution in [2.75, 3.05) is 13.7 Å². The molecule has 5 heteroatoms. The quantitative estimate of drug-likeness (QED) is 0.800. The van der Waals surface area contributed by atoms with E-state index in [1.54, 1.807) is 13.2 Å². The van der Waals surface area contributed by atoms with E-state index in [0.717, 1.165) is 17.3 Å². The Hall–Kier alpha value is -1.33. The second-order valence-corrected chi connectivity index (χ2v) is 6.14. The first-order valence-corrected chi connectivity index (χ1v) is 8.02. The number of ether oxygens (including phenoxy) is 1. The van der Waals surface area contributed by atoms with Crippen LogP contribution in [0.1, 0.15) is 21.7 Å². The minimum absolute atomic E-state index is 0.0638. The Morgan fingerprint density at radius 2 is 2.25 bits per heavy atom. The molecule has 0 fully saturated rings. The summed E-state index contributed by atoms with van der Waals surface area (Å²) >= 11 is 4.85. The van der Waals surface area contributed by atoms with Gasteiger partial charge in [-0.25, -0.2) is 0 Å². The highest BCUT2D eigenvalue weighted by atomic mass is 79.9. The van der Waals surface area contributed by atoms with Gasteiger partial charge < -0.3 is 10.1 Å². The van der Waals surface area contributed by atoms with Crippen molar-refractivity contribution in [1.29, 1.82) is 0 Å². The van der Waals surface area contributed by atoms with Crippen molar-refractivity contribution < 1.29 is 9.53 Å². The molecule has 0 saturated heterocycles. The zero-order valence-electron chi connectivity index (χ0n) is 11.2. The van der Waals surface area contributed by atoms with E-state index in [2.05, 4.69) is 33.4 Å². The molecule has 1 heterocycles. The predicted molar refractivity (Wildman–Crippen MR) is 85.7 cm³/mol. The van der Waals surface area contributed by atoms with Crippen LogP contribution in [0.3, 0.4) is 0 Å². The number of hydrogen-bond donors (Lipinski definition) is 1. The number of hydrogen-bond acceptors (Lipinski definition) is 3. The van der Waals surface area contributed by atoms with Crippen molar-refractivity contribution >= 4 is 33.2 Å². The van der Waals surface area contributed by atoms with E-state index in [9.17, 15) is 4.79 Å². The average molecular weight is 354 g/mol. The summed E-state index contributed by atoms with van der Waals surface area (Å²) in [5.74, 6) is 0.575. The number of carbonyl (C=O) groups is 1. The Morgan fingerprint density at radius 3 is 3.00 bits per heavy atom. The fourth-order valence-corrected chi connectivity index (χ4v) is 3.11. The van der Waals surface area contributed by atoms with Crippen LogP contribution in [-0.4, -0.2) is 19.6 Å². The lowest BCUT2D eigenvalue weighted by Crippen LogP contribution is -2.24. The fraction of sp³-hybridized carbons (Fsp3) is 0.267. The van der Waals surface area contributed by atoms with Gasteiger partial charge in [0.1, 0.15) is 10.6 Å². The van der Waals surface area contributed by atoms with Crippen LogP contribution in [0.2, 0.25) is 0 Å². The maximum absolute atomic E-state index is 12.0. The lowest BCUT2D eigenvalue weighted by atomic mass is 10.1. The molecule has 1 amide bonds. The first-order valence-electron chi connectivity index (χ1n) is 6.35. The summed E-state index contributed by atoms with van der Waals surface area (Å²) in [5, 5.41) is 4.78. The predicted octanol–water partition coefficient (Wildman–Crippen LogP) is 3.88. The molecular formula is C15H16BrNO2S. The first-order chi connectivity index (χ1) is 9.70. The summed E-state index contributed by atoms with van der Waals surface area (Å²) in [4.78, 5) is 12.6. The van der Waals surface area contributed by atoms with Crippen LogP contribution in [0.15, 0.2) is 40.2 Å². The third-order valence-electron chi connectivity index (χ3n) is 2.87. The number of rotatable bonds is 6. The molecule has 0 unspecified atom stereocenters. The van der Waals surface area contributed by atoms with Gasteiger partial charge >= 0.3 is 0 Å². The number of nitrogens with one attached hydrogen (secondary N) is 1. The Balaban J connectivity index is 1.77. The minimum Gasteiger partial charge on any atom is -0.495 e. The SMILES string of the molecule is COc1ccsc1C(=O)NCCCc1cccc(Br)c1. The maximum Gasteiger partial charge on any atom is 0.265 e. The zero-order chi connectivity index (χ0) is 14.4. The van der Waals surface area contributed by atoms with Gasteiger partial charge in [0.25, 0.3) is 5.91 Å². The van der Waals surface area contributed by atoms with Gasteiger partial charge in [0.05, 0.1) is 7.11 Å². The van der Waals surface area contributed by atoms with Crippen LogP contribution in [0.25, 0.3) is 0 Å². The molecule has 2 aromatic rings. The highest BCUT2D eigenvalue weighted by molar-refractivity contribution is 9.10. The summed E-state index contributed by atoms with van der Waals surface area (Å²) < 4.78 is 6.23. The molecule has 0 aliphatic rings. The van der Waals surface area contributed by atoms with Crippen LogP contribution in [0.5, 0.6) is 5.75 Å². The molecular weight excluding hydrogens is 338 g/mol. The standard InChI is InChI=1S/C15H16BrNO2S/c1-19-13-7-9-20-14(13)15(18)17-8-3-5-11-4-2-6-12(16)10-11/h2,4,6-7,9-10H,3,5,8H2,1H3,(H,17,18). The van der Waals surface area contributed by atoms with E-state index in [1.807, 2.05) is 17.5 Å². The van der Waals surface area contributed by atoms with Crippen molar-refractivity contribution in [3.63, 3.8) is 0 Å². The summed E-state index contributed by atoms with van der Waals surface area (Å²) in [6.45, 7) is 0.659. The second kappa shape index (κ2) is 7.45. The van der Waals surface area contributed by atoms with Crippen LogP contribution >= 0.6 is 27.3 Å². The first kappa shape index (κ1) is 15.1. The molecule has 106 valence electrons. The number of amides is 1. The van der Waals surface area contributed by atoms with Gasteiger partial charge in [0.2, 0.25) is 0 Å². The maximum atomic E-state index is 12.0. The number of halogens is 1. The van der Waals surface area contributed by atoms with Gasteiger partial charge in [-0.05, 0) is 42.0 Å². The lowest BCUT2D eigenvalue weighted by Gasteiger charge is -2.06. The van der Waals surface area contributed by atoms with Crippen molar-refractivity contribution in [2.45, 2.75) is 12.8 Å². The number of methoxy groups -OCH3 is 1. The smallest absolute Gasteiger partial charge is 0.265 e. The molecule has 2 rings (SSSR count). The van der Waals surface area contributed by atoms with Gasteiger partial charge in [-0.1, -0.05) is 28.1 Å². The second-order valence-electron chi connectivity index (χ2n) is 4.31. The molecule has 0 saturated carbocycles. The van der Waals surface area contributed by atoms with Crippen LogP contribution in [0.4, 0.5) is 0 Å². The van der Waals surface area contributed by atoms with Crippen molar-refractivity contribution in [3.05, 3.63) is 50.6 Å². The van der Waals surface area contributed by atoms with E-state index >= 15 is 0 Å². The number of aryl methyl sites for hydroxylation is 1. The summed E-state index contributed by atoms with van der Waals surface area (Å²) in [6, 6.07) is 10.0. The van der Waals surface area contributed by atoms with Gasteiger partial charge in [-0.15, -0.1) is 11.3 Å². The van der Waals surface area contributed by atoms with Gasteiger partial charge in [-0.2, -0.15) is 0 Å². The van der Waals surface area contributed by atoms with Crippen LogP contribution < -0.4 is 10.1 Å². The Labute approximate surface area is 131 Å². The van der Waals surface area contributed by atoms with Crippen molar-refractivity contribution in [3.8, 4) is 5.75 Å². The van der Waals surface area contributed by atoms with Crippen LogP contribution in [-0.2, 0) is 6.42 Å². The number of carbonyl (C=O) groups excluding carboxylic acids is 1. The summed E-state index contributed by atoms with van der Waals surface area (Å²) in [5.41, 5.74) is 1.27. The van der Waals surface area contributed by atoms with E-state index in [1.165, 1.54) is 16.9 Å². The average Bonchev–Trinajstić information content (AvgIpc) is 2.92. The minimum atomic E-state index is -0.0638. The lowest BCUT2D eigenvalue weighted by molar-refractivity contribution is 0.0954. The third-order valence-corrected chi connectivity index (χ3v) is 4.26. The topological polar surface area (TPSA) is 38.3 Å². The largest absolute Gasteiger partial charge is 0.495 e. The van der Waals surface area contributed by atoms with Gasteiger partial charge in [0.15, 0.2) is 0 Å². The van der Waals surface area contributed by atoms with E-state index in [-0.39, 0.29) is 5.91 Å². The molecule has 0 bridgehead atoms. The molecule has 0 aliphatic carbocycles. The molecule has 0 radical (unpaired) electrons. The van der Waals surface area contributed by atoms with Gasteiger partial charge in [-0.3, -0.25) is 4.79 Å². The highest BCUT2D eigenvalue weighted by Crippen LogP contribution is 2.23. The normalized spacial score (nSPS) is 10.3. The zero-order valence-corrected chi connectivity index (χ0v) is 13.6. The van der Waals surface area contributed by atoms with E-state index in [0.29, 0.717) is 17.2 Å². The van der Waals surface area contributed by atoms with E-state index in [4.69, 9.17) is 4.74 Å². The monoisotopic (exact) mass is 353 g/mol. The molecule has 0 atom stereocenters. The van der Waals surface area contributed by atoms with Crippen LogP contribution in [0, 0.1) is 0 Å². The van der Waals surface area contributed by atoms with E-state index < -0.39 is 0 Å². The molecule has 0 spiro atoms. The fourth-order valence-electron chi connectivity index (χ4n) is 1.89. The Kier molecular flexibility index (Phi) is 5.61. The molecule has 20 heavy (non-hydrogen) atoms. The molecule has 3 nitrogen and oxygen atoms in total.